The highest BCUT2D eigenvalue weighted by atomic mass is 31.1. The molecule has 236 valence electrons. The van der Waals surface area contributed by atoms with Gasteiger partial charge in [0.05, 0.1) is 0 Å². The highest BCUT2D eigenvalue weighted by Gasteiger charge is 2.31. The molecule has 0 bridgehead atoms. The molecule has 6 heteroatoms. The Bertz CT molecular complexity index is 1620. The third-order valence-corrected chi connectivity index (χ3v) is 10.7. The first-order valence-electron chi connectivity index (χ1n) is 16.0. The van der Waals surface area contributed by atoms with E-state index in [-0.39, 0.29) is 0 Å². The van der Waals surface area contributed by atoms with Crippen molar-refractivity contribution in [2.75, 3.05) is 0 Å². The van der Waals surface area contributed by atoms with Crippen LogP contribution >= 0.6 is 7.92 Å². The Morgan fingerprint density at radius 1 is 0.292 bits per heavy atom. The number of hydrogen-bond acceptors (Lipinski definition) is 3. The Hall–Kier alpha value is -5.02. The summed E-state index contributed by atoms with van der Waals surface area (Å²) in [5, 5.41) is 25.7. The van der Waals surface area contributed by atoms with Crippen LogP contribution < -0.4 is 37.8 Å². The summed E-state index contributed by atoms with van der Waals surface area (Å²) in [6, 6.07) is 75.9. The molecule has 0 heterocycles. The van der Waals surface area contributed by atoms with E-state index in [4.69, 9.17) is 15.1 Å². The first-order chi connectivity index (χ1) is 23.6. The van der Waals surface area contributed by atoms with Gasteiger partial charge in [-0.25, -0.2) is 0 Å². The van der Waals surface area contributed by atoms with Crippen LogP contribution in [-0.2, 0) is 0 Å². The number of rotatable bonds is 7. The molecule has 7 aromatic rings. The van der Waals surface area contributed by atoms with E-state index in [0.29, 0.717) is 0 Å². The highest BCUT2D eigenvalue weighted by molar-refractivity contribution is 7.79. The van der Waals surface area contributed by atoms with Gasteiger partial charge in [0.15, 0.2) is 0 Å². The molecular formula is C42H38B2O3P-. The largest absolute Gasteiger partial charge is 0.631 e. The third-order valence-electron chi connectivity index (χ3n) is 8.24. The van der Waals surface area contributed by atoms with Crippen LogP contribution in [0.1, 0.15) is 0 Å². The van der Waals surface area contributed by atoms with Gasteiger partial charge in [0.2, 0.25) is 0 Å². The van der Waals surface area contributed by atoms with Crippen LogP contribution in [0.15, 0.2) is 212 Å². The molecule has 0 radical (unpaired) electrons. The predicted octanol–water partition coefficient (Wildman–Crippen LogP) is 4.46. The molecule has 0 aliphatic rings. The average Bonchev–Trinajstić information content (AvgIpc) is 3.15. The second-order valence-corrected chi connectivity index (χ2v) is 13.4. The van der Waals surface area contributed by atoms with E-state index in [2.05, 4.69) is 212 Å². The second-order valence-electron chi connectivity index (χ2n) is 11.2. The van der Waals surface area contributed by atoms with Crippen molar-refractivity contribution in [1.29, 1.82) is 0 Å². The lowest BCUT2D eigenvalue weighted by Crippen LogP contribution is -2.74. The van der Waals surface area contributed by atoms with Gasteiger partial charge in [0, 0.05) is 0 Å². The summed E-state index contributed by atoms with van der Waals surface area (Å²) < 4.78 is 0. The molecule has 0 spiro atoms. The van der Waals surface area contributed by atoms with E-state index in [0.717, 1.165) is 0 Å². The average molecular weight is 643 g/mol. The van der Waals surface area contributed by atoms with Crippen molar-refractivity contribution < 1.29 is 15.1 Å². The van der Waals surface area contributed by atoms with E-state index in [9.17, 15) is 0 Å². The van der Waals surface area contributed by atoms with Crippen LogP contribution in [0, 0.1) is 0 Å². The molecule has 0 atom stereocenters. The SMILES string of the molecule is OB(O)O.c1ccc(P(c2ccccc2)c2ccccc2)cc1.c1ccc([B-](c2ccccc2)(c2ccccc2)c2ccccc2)cc1. The lowest BCUT2D eigenvalue weighted by Gasteiger charge is -2.44. The van der Waals surface area contributed by atoms with E-state index < -0.39 is 21.4 Å². The zero-order valence-corrected chi connectivity index (χ0v) is 27.5. The zero-order chi connectivity index (χ0) is 33.4. The fraction of sp³-hybridized carbons (Fsp3) is 0. The molecule has 0 fully saturated rings. The van der Waals surface area contributed by atoms with Crippen LogP contribution in [0.4, 0.5) is 0 Å². The first kappa shape index (κ1) is 34.3. The summed E-state index contributed by atoms with van der Waals surface area (Å²) in [4.78, 5) is 0. The van der Waals surface area contributed by atoms with Crippen molar-refractivity contribution in [1.82, 2.24) is 0 Å². The number of hydrogen-bond donors (Lipinski definition) is 3. The van der Waals surface area contributed by atoms with E-state index >= 15 is 0 Å². The Balaban J connectivity index is 0.000000174. The molecule has 3 N–H and O–H groups in total. The van der Waals surface area contributed by atoms with Gasteiger partial charge in [-0.3, -0.25) is 0 Å². The summed E-state index contributed by atoms with van der Waals surface area (Å²) in [6.07, 6.45) is -1.22. The molecular weight excluding hydrogens is 605 g/mol. The lowest BCUT2D eigenvalue weighted by atomic mass is 9.13. The zero-order valence-electron chi connectivity index (χ0n) is 26.7. The van der Waals surface area contributed by atoms with Crippen molar-refractivity contribution >= 4 is 59.2 Å². The molecule has 0 saturated heterocycles. The molecule has 7 rings (SSSR count). The van der Waals surface area contributed by atoms with E-state index in [1.54, 1.807) is 0 Å². The summed E-state index contributed by atoms with van der Waals surface area (Å²) in [7, 11) is -2.61. The quantitative estimate of drug-likeness (QED) is 0.178. The van der Waals surface area contributed by atoms with Crippen LogP contribution in [0.25, 0.3) is 0 Å². The van der Waals surface area contributed by atoms with Gasteiger partial charge in [-0.05, 0) is 23.8 Å². The summed E-state index contributed by atoms with van der Waals surface area (Å²) in [6.45, 7) is 0. The summed E-state index contributed by atoms with van der Waals surface area (Å²) in [5.74, 6) is 0. The fourth-order valence-corrected chi connectivity index (χ4v) is 8.61. The Morgan fingerprint density at radius 3 is 0.646 bits per heavy atom. The lowest BCUT2D eigenvalue weighted by molar-refractivity contribution is 0.278. The van der Waals surface area contributed by atoms with Crippen molar-refractivity contribution in [2.45, 2.75) is 0 Å². The molecule has 0 aliphatic heterocycles. The van der Waals surface area contributed by atoms with Gasteiger partial charge < -0.3 is 15.1 Å². The minimum atomic E-state index is -2.17. The molecule has 0 unspecified atom stereocenters. The Labute approximate surface area is 285 Å². The van der Waals surface area contributed by atoms with E-state index in [1.807, 2.05) is 0 Å². The standard InChI is InChI=1S/C24H20B.C18H15P.BH3O3/c1-5-13-21(14-6-1)25(22-15-7-2-8-16-22,23-17-9-3-10-18-23)24-19-11-4-12-20-24;1-4-10-16(11-5-1)19(17-12-6-2-7-13-17)18-14-8-3-9-15-18;2-1(3)4/h1-20H;1-15H;2-4H/q-1;;. The Morgan fingerprint density at radius 2 is 0.458 bits per heavy atom. The maximum atomic E-state index is 7.17. The van der Waals surface area contributed by atoms with Crippen LogP contribution in [0.5, 0.6) is 0 Å². The third kappa shape index (κ3) is 8.66. The minimum Gasteiger partial charge on any atom is -0.402 e. The van der Waals surface area contributed by atoms with Gasteiger partial charge in [-0.1, -0.05) is 212 Å². The van der Waals surface area contributed by atoms with E-state index in [1.165, 1.54) is 37.8 Å². The van der Waals surface area contributed by atoms with Gasteiger partial charge in [-0.2, -0.15) is 21.9 Å². The van der Waals surface area contributed by atoms with Crippen molar-refractivity contribution in [3.05, 3.63) is 212 Å². The van der Waals surface area contributed by atoms with Crippen molar-refractivity contribution in [2.24, 2.45) is 0 Å². The van der Waals surface area contributed by atoms with Crippen LogP contribution in [0.2, 0.25) is 0 Å². The van der Waals surface area contributed by atoms with Gasteiger partial charge in [0.25, 0.3) is 0 Å². The van der Waals surface area contributed by atoms with Gasteiger partial charge in [0.1, 0.15) is 6.15 Å². The maximum Gasteiger partial charge on any atom is 0.631 e. The number of benzene rings is 7. The van der Waals surface area contributed by atoms with Crippen LogP contribution in [-0.4, -0.2) is 28.5 Å². The smallest absolute Gasteiger partial charge is 0.402 e. The monoisotopic (exact) mass is 643 g/mol. The second kappa shape index (κ2) is 17.8. The maximum absolute atomic E-state index is 7.17. The fourth-order valence-electron chi connectivity index (χ4n) is 6.30. The Kier molecular flexibility index (Phi) is 12.7. The topological polar surface area (TPSA) is 60.7 Å². The van der Waals surface area contributed by atoms with Crippen molar-refractivity contribution in [3.8, 4) is 0 Å². The summed E-state index contributed by atoms with van der Waals surface area (Å²) >= 11 is 0. The molecule has 7 aromatic carbocycles. The first-order valence-corrected chi connectivity index (χ1v) is 17.3. The molecule has 3 nitrogen and oxygen atoms in total. The molecule has 0 saturated carbocycles. The van der Waals surface area contributed by atoms with Gasteiger partial charge in [-0.15, -0.1) is 0 Å². The molecule has 0 amide bonds. The normalized spacial score (nSPS) is 10.6. The predicted molar refractivity (Wildman–Crippen MR) is 208 cm³/mol. The van der Waals surface area contributed by atoms with Crippen LogP contribution in [0.3, 0.4) is 0 Å². The molecule has 0 aliphatic carbocycles. The highest BCUT2D eigenvalue weighted by Crippen LogP contribution is 2.32. The minimum absolute atomic E-state index is 0.446. The summed E-state index contributed by atoms with van der Waals surface area (Å²) in [5.41, 5.74) is 5.36. The van der Waals surface area contributed by atoms with Gasteiger partial charge >= 0.3 is 7.32 Å². The molecule has 48 heavy (non-hydrogen) atoms. The molecule has 0 aromatic heterocycles. The van der Waals surface area contributed by atoms with Crippen molar-refractivity contribution in [3.63, 3.8) is 0 Å².